The van der Waals surface area contributed by atoms with Gasteiger partial charge in [0.1, 0.15) is 5.75 Å². The third-order valence-corrected chi connectivity index (χ3v) is 1.96. The molecule has 0 N–H and O–H groups in total. The number of carbonyl (C=O) groups excluding carboxylic acids is 1. The van der Waals surface area contributed by atoms with Gasteiger partial charge in [0.15, 0.2) is 6.79 Å². The van der Waals surface area contributed by atoms with Crippen LogP contribution >= 0.6 is 0 Å². The van der Waals surface area contributed by atoms with Crippen LogP contribution in [-0.2, 0) is 9.47 Å². The van der Waals surface area contributed by atoms with Gasteiger partial charge in [0, 0.05) is 7.11 Å². The lowest BCUT2D eigenvalue weighted by Crippen LogP contribution is -2.05. The smallest absolute Gasteiger partial charge is 0.338 e. The second-order valence-corrected chi connectivity index (χ2v) is 3.02. The fraction of sp³-hybridized carbons (Fsp3) is 0.364. The number of esters is 1. The van der Waals surface area contributed by atoms with Crippen molar-refractivity contribution in [3.05, 3.63) is 29.3 Å². The predicted molar refractivity (Wildman–Crippen MR) is 55.0 cm³/mol. The highest BCUT2D eigenvalue weighted by Crippen LogP contribution is 2.18. The molecule has 0 fully saturated rings. The van der Waals surface area contributed by atoms with Crippen molar-refractivity contribution in [2.24, 2.45) is 0 Å². The molecule has 0 aliphatic rings. The molecule has 0 aliphatic carbocycles. The third-order valence-electron chi connectivity index (χ3n) is 1.96. The molecule has 0 heterocycles. The number of carbonyl (C=O) groups is 1. The van der Waals surface area contributed by atoms with Gasteiger partial charge in [-0.05, 0) is 24.6 Å². The molecular formula is C11H14O4. The molecule has 4 nitrogen and oxygen atoms in total. The van der Waals surface area contributed by atoms with Gasteiger partial charge in [0.25, 0.3) is 0 Å². The fourth-order valence-electron chi connectivity index (χ4n) is 1.15. The lowest BCUT2D eigenvalue weighted by Gasteiger charge is -2.08. The van der Waals surface area contributed by atoms with Gasteiger partial charge in [-0.15, -0.1) is 0 Å². The van der Waals surface area contributed by atoms with Crippen molar-refractivity contribution in [3.8, 4) is 5.75 Å². The van der Waals surface area contributed by atoms with E-state index in [-0.39, 0.29) is 12.8 Å². The molecule has 15 heavy (non-hydrogen) atoms. The lowest BCUT2D eigenvalue weighted by molar-refractivity contribution is 0.0503. The fourth-order valence-corrected chi connectivity index (χ4v) is 1.15. The minimum Gasteiger partial charge on any atom is -0.468 e. The zero-order chi connectivity index (χ0) is 11.3. The SMILES string of the molecule is COCOc1ccc(C)c(C(=O)OC)c1. The Hall–Kier alpha value is -1.55. The van der Waals surface area contributed by atoms with Gasteiger partial charge in [-0.25, -0.2) is 4.79 Å². The van der Waals surface area contributed by atoms with Gasteiger partial charge in [-0.2, -0.15) is 0 Å². The van der Waals surface area contributed by atoms with Crippen LogP contribution in [0.4, 0.5) is 0 Å². The summed E-state index contributed by atoms with van der Waals surface area (Å²) in [6, 6.07) is 5.22. The zero-order valence-corrected chi connectivity index (χ0v) is 9.07. The molecule has 0 aliphatic heterocycles. The number of methoxy groups -OCH3 is 2. The van der Waals surface area contributed by atoms with Crippen LogP contribution in [0.15, 0.2) is 18.2 Å². The Morgan fingerprint density at radius 1 is 1.33 bits per heavy atom. The molecule has 4 heteroatoms. The molecule has 0 atom stereocenters. The minimum atomic E-state index is -0.365. The predicted octanol–water partition coefficient (Wildman–Crippen LogP) is 1.76. The summed E-state index contributed by atoms with van der Waals surface area (Å²) in [5.41, 5.74) is 1.36. The maximum atomic E-state index is 11.4. The summed E-state index contributed by atoms with van der Waals surface area (Å²) in [5.74, 6) is 0.221. The number of hydrogen-bond acceptors (Lipinski definition) is 4. The summed E-state index contributed by atoms with van der Waals surface area (Å²) in [5, 5.41) is 0. The molecule has 0 saturated heterocycles. The monoisotopic (exact) mass is 210 g/mol. The molecule has 0 unspecified atom stereocenters. The Labute approximate surface area is 88.8 Å². The molecule has 0 spiro atoms. The van der Waals surface area contributed by atoms with Crippen LogP contribution < -0.4 is 4.74 Å². The van der Waals surface area contributed by atoms with Crippen molar-refractivity contribution in [3.63, 3.8) is 0 Å². The summed E-state index contributed by atoms with van der Waals surface area (Å²) in [6.45, 7) is 2.00. The van der Waals surface area contributed by atoms with E-state index in [2.05, 4.69) is 4.74 Å². The molecule has 0 aromatic heterocycles. The van der Waals surface area contributed by atoms with Crippen molar-refractivity contribution in [1.82, 2.24) is 0 Å². The van der Waals surface area contributed by atoms with Crippen LogP contribution in [-0.4, -0.2) is 27.0 Å². The molecule has 0 bridgehead atoms. The van der Waals surface area contributed by atoms with Gasteiger partial charge in [-0.3, -0.25) is 0 Å². The second-order valence-electron chi connectivity index (χ2n) is 3.02. The van der Waals surface area contributed by atoms with Crippen molar-refractivity contribution >= 4 is 5.97 Å². The molecule has 1 aromatic carbocycles. The lowest BCUT2D eigenvalue weighted by atomic mass is 10.1. The van der Waals surface area contributed by atoms with E-state index < -0.39 is 0 Å². The Morgan fingerprint density at radius 2 is 2.07 bits per heavy atom. The Balaban J connectivity index is 2.89. The van der Waals surface area contributed by atoms with Gasteiger partial charge in [0.2, 0.25) is 0 Å². The van der Waals surface area contributed by atoms with E-state index >= 15 is 0 Å². The van der Waals surface area contributed by atoms with E-state index in [9.17, 15) is 4.79 Å². The second kappa shape index (κ2) is 5.36. The third kappa shape index (κ3) is 2.95. The standard InChI is InChI=1S/C11H14O4/c1-8-4-5-9(15-7-13-2)6-10(8)11(12)14-3/h4-6H,7H2,1-3H3. The molecule has 82 valence electrons. The highest BCUT2D eigenvalue weighted by atomic mass is 16.7. The number of rotatable bonds is 4. The molecule has 1 rings (SSSR count). The van der Waals surface area contributed by atoms with Crippen LogP contribution in [0.1, 0.15) is 15.9 Å². The maximum Gasteiger partial charge on any atom is 0.338 e. The number of ether oxygens (including phenoxy) is 3. The highest BCUT2D eigenvalue weighted by molar-refractivity contribution is 5.91. The van der Waals surface area contributed by atoms with Crippen molar-refractivity contribution < 1.29 is 19.0 Å². The molecular weight excluding hydrogens is 196 g/mol. The van der Waals surface area contributed by atoms with Crippen LogP contribution in [0.25, 0.3) is 0 Å². The first-order valence-corrected chi connectivity index (χ1v) is 4.49. The first-order valence-electron chi connectivity index (χ1n) is 4.49. The number of aryl methyl sites for hydroxylation is 1. The maximum absolute atomic E-state index is 11.4. The Bertz CT molecular complexity index is 346. The summed E-state index contributed by atoms with van der Waals surface area (Å²) in [7, 11) is 2.89. The Morgan fingerprint density at radius 3 is 2.67 bits per heavy atom. The van der Waals surface area contributed by atoms with E-state index in [1.54, 1.807) is 18.2 Å². The quantitative estimate of drug-likeness (QED) is 0.561. The molecule has 1 aromatic rings. The van der Waals surface area contributed by atoms with Crippen LogP contribution in [0.2, 0.25) is 0 Å². The van der Waals surface area contributed by atoms with Crippen molar-refractivity contribution in [2.75, 3.05) is 21.0 Å². The van der Waals surface area contributed by atoms with Gasteiger partial charge in [0.05, 0.1) is 12.7 Å². The molecule has 0 radical (unpaired) electrons. The van der Waals surface area contributed by atoms with E-state index in [0.717, 1.165) is 5.56 Å². The largest absolute Gasteiger partial charge is 0.468 e. The summed E-state index contributed by atoms with van der Waals surface area (Å²) < 4.78 is 14.6. The highest BCUT2D eigenvalue weighted by Gasteiger charge is 2.10. The zero-order valence-electron chi connectivity index (χ0n) is 9.07. The first kappa shape index (κ1) is 11.5. The van der Waals surface area contributed by atoms with E-state index in [1.165, 1.54) is 14.2 Å². The van der Waals surface area contributed by atoms with Gasteiger partial charge in [-0.1, -0.05) is 6.07 Å². The first-order chi connectivity index (χ1) is 7.19. The van der Waals surface area contributed by atoms with Crippen LogP contribution in [0.3, 0.4) is 0 Å². The number of hydrogen-bond donors (Lipinski definition) is 0. The summed E-state index contributed by atoms with van der Waals surface area (Å²) in [4.78, 5) is 11.4. The van der Waals surface area contributed by atoms with Gasteiger partial charge < -0.3 is 14.2 Å². The van der Waals surface area contributed by atoms with Crippen molar-refractivity contribution in [2.45, 2.75) is 6.92 Å². The van der Waals surface area contributed by atoms with Crippen LogP contribution in [0.5, 0.6) is 5.75 Å². The number of benzene rings is 1. The van der Waals surface area contributed by atoms with Crippen LogP contribution in [0, 0.1) is 6.92 Å². The van der Waals surface area contributed by atoms with E-state index in [0.29, 0.717) is 11.3 Å². The molecule has 0 amide bonds. The van der Waals surface area contributed by atoms with E-state index in [1.807, 2.05) is 6.92 Å². The molecule has 0 saturated carbocycles. The summed E-state index contributed by atoms with van der Waals surface area (Å²) >= 11 is 0. The van der Waals surface area contributed by atoms with Gasteiger partial charge >= 0.3 is 5.97 Å². The summed E-state index contributed by atoms with van der Waals surface area (Å²) in [6.07, 6.45) is 0. The average molecular weight is 210 g/mol. The Kier molecular flexibility index (Phi) is 4.12. The average Bonchev–Trinajstić information content (AvgIpc) is 2.27. The van der Waals surface area contributed by atoms with Crippen molar-refractivity contribution in [1.29, 1.82) is 0 Å². The normalized spacial score (nSPS) is 9.80. The van der Waals surface area contributed by atoms with E-state index in [4.69, 9.17) is 9.47 Å². The minimum absolute atomic E-state index is 0.156. The topological polar surface area (TPSA) is 44.8 Å².